The van der Waals surface area contributed by atoms with E-state index in [1.54, 1.807) is 6.92 Å². The van der Waals surface area contributed by atoms with E-state index in [2.05, 4.69) is 0 Å². The van der Waals surface area contributed by atoms with Crippen LogP contribution in [-0.4, -0.2) is 15.7 Å². The van der Waals surface area contributed by atoms with Crippen LogP contribution in [0, 0.1) is 15.0 Å². The molecular formula is C6H7N2O3+. The van der Waals surface area contributed by atoms with Crippen molar-refractivity contribution in [1.82, 2.24) is 0 Å². The summed E-state index contributed by atoms with van der Waals surface area (Å²) in [4.78, 5) is 20.4. The summed E-state index contributed by atoms with van der Waals surface area (Å²) in [5, 5.41) is 10.2. The monoisotopic (exact) mass is 155 g/mol. The summed E-state index contributed by atoms with van der Waals surface area (Å²) in [6.07, 6.45) is 3.66. The molecule has 0 amide bonds. The molecular weight excluding hydrogens is 148 g/mol. The van der Waals surface area contributed by atoms with Crippen LogP contribution in [-0.2, 0) is 0 Å². The van der Waals surface area contributed by atoms with Crippen LogP contribution in [0.3, 0.4) is 0 Å². The molecule has 0 spiro atoms. The highest BCUT2D eigenvalue weighted by Crippen LogP contribution is 2.08. The van der Waals surface area contributed by atoms with Gasteiger partial charge in [-0.3, -0.25) is 10.1 Å². The predicted octanol–water partition coefficient (Wildman–Crippen LogP) is 0.842. The van der Waals surface area contributed by atoms with E-state index in [1.165, 1.54) is 12.2 Å². The Morgan fingerprint density at radius 3 is 2.82 bits per heavy atom. The van der Waals surface area contributed by atoms with Crippen molar-refractivity contribution in [3.05, 3.63) is 39.1 Å². The number of hydrogen-bond acceptors (Lipinski definition) is 3. The fourth-order valence-electron chi connectivity index (χ4n) is 0.783. The Hall–Kier alpha value is -1.52. The minimum absolute atomic E-state index is 0.0235. The van der Waals surface area contributed by atoms with Gasteiger partial charge in [0, 0.05) is 16.6 Å². The van der Waals surface area contributed by atoms with Crippen molar-refractivity contribution in [1.29, 1.82) is 0 Å². The van der Waals surface area contributed by atoms with Gasteiger partial charge in [-0.1, -0.05) is 0 Å². The molecule has 0 bridgehead atoms. The number of rotatable bonds is 1. The third kappa shape index (κ3) is 1.49. The van der Waals surface area contributed by atoms with Gasteiger partial charge in [0.05, 0.1) is 17.1 Å². The second kappa shape index (κ2) is 2.61. The Morgan fingerprint density at radius 2 is 2.36 bits per heavy atom. The van der Waals surface area contributed by atoms with E-state index in [1.807, 2.05) is 0 Å². The standard InChI is InChI=1S/C6H7N2O3/c1-5-4-6(8(10)11)2-3-7(5)9/h2-5H,1H3/q+1. The first-order valence-electron chi connectivity index (χ1n) is 3.11. The fraction of sp³-hybridized carbons (Fsp3) is 0.333. The fourth-order valence-corrected chi connectivity index (χ4v) is 0.783. The van der Waals surface area contributed by atoms with Crippen LogP contribution in [0.25, 0.3) is 0 Å². The zero-order chi connectivity index (χ0) is 8.43. The van der Waals surface area contributed by atoms with Crippen molar-refractivity contribution in [3.8, 4) is 0 Å². The lowest BCUT2D eigenvalue weighted by Crippen LogP contribution is -2.18. The highest BCUT2D eigenvalue weighted by molar-refractivity contribution is 5.13. The molecule has 5 heteroatoms. The van der Waals surface area contributed by atoms with Gasteiger partial charge >= 0.3 is 0 Å². The second-order valence-electron chi connectivity index (χ2n) is 2.26. The van der Waals surface area contributed by atoms with Crippen LogP contribution in [0.4, 0.5) is 0 Å². The third-order valence-corrected chi connectivity index (χ3v) is 1.42. The number of hydrogen-bond donors (Lipinski definition) is 0. The van der Waals surface area contributed by atoms with Crippen molar-refractivity contribution in [2.45, 2.75) is 13.0 Å². The third-order valence-electron chi connectivity index (χ3n) is 1.42. The number of nitroso groups, excluding NO2 is 1. The van der Waals surface area contributed by atoms with E-state index in [4.69, 9.17) is 0 Å². The summed E-state index contributed by atoms with van der Waals surface area (Å²) in [6.45, 7) is 1.60. The SMILES string of the molecule is CC1C=C([N+](=O)[O-])C=C[N+]1=O. The summed E-state index contributed by atoms with van der Waals surface area (Å²) < 4.78 is 0.660. The molecule has 1 unspecified atom stereocenters. The minimum atomic E-state index is -0.514. The lowest BCUT2D eigenvalue weighted by molar-refractivity contribution is -0.511. The molecule has 1 aliphatic rings. The second-order valence-corrected chi connectivity index (χ2v) is 2.26. The topological polar surface area (TPSA) is 63.2 Å². The van der Waals surface area contributed by atoms with Gasteiger partial charge < -0.3 is 0 Å². The van der Waals surface area contributed by atoms with E-state index in [0.717, 1.165) is 6.20 Å². The maximum Gasteiger partial charge on any atom is 0.278 e. The number of nitro groups is 1. The largest absolute Gasteiger partial charge is 0.278 e. The van der Waals surface area contributed by atoms with Crippen LogP contribution in [0.1, 0.15) is 6.92 Å². The average molecular weight is 155 g/mol. The molecule has 5 nitrogen and oxygen atoms in total. The van der Waals surface area contributed by atoms with Crippen LogP contribution in [0.2, 0.25) is 0 Å². The van der Waals surface area contributed by atoms with E-state index in [9.17, 15) is 15.0 Å². The molecule has 1 heterocycles. The van der Waals surface area contributed by atoms with Crippen molar-refractivity contribution in [2.24, 2.45) is 0 Å². The molecule has 0 radical (unpaired) electrons. The predicted molar refractivity (Wildman–Crippen MR) is 37.3 cm³/mol. The quantitative estimate of drug-likeness (QED) is 0.320. The van der Waals surface area contributed by atoms with Gasteiger partial charge in [-0.15, -0.1) is 0 Å². The molecule has 0 aromatic heterocycles. The smallest absolute Gasteiger partial charge is 0.258 e. The van der Waals surface area contributed by atoms with Crippen LogP contribution < -0.4 is 0 Å². The average Bonchev–Trinajstić information content (AvgIpc) is 1.94. The van der Waals surface area contributed by atoms with Gasteiger partial charge in [0.25, 0.3) is 5.70 Å². The van der Waals surface area contributed by atoms with Gasteiger partial charge in [0.15, 0.2) is 0 Å². The van der Waals surface area contributed by atoms with Gasteiger partial charge in [-0.05, 0) is 0 Å². The molecule has 11 heavy (non-hydrogen) atoms. The van der Waals surface area contributed by atoms with Crippen LogP contribution >= 0.6 is 0 Å². The van der Waals surface area contributed by atoms with Crippen molar-refractivity contribution in [3.63, 3.8) is 0 Å². The van der Waals surface area contributed by atoms with E-state index < -0.39 is 11.0 Å². The first kappa shape index (κ1) is 7.59. The normalized spacial score (nSPS) is 23.2. The Balaban J connectivity index is 2.88. The number of allylic oxidation sites excluding steroid dienone is 1. The molecule has 0 aliphatic carbocycles. The van der Waals surface area contributed by atoms with Crippen molar-refractivity contribution >= 4 is 0 Å². The van der Waals surface area contributed by atoms with Gasteiger partial charge in [-0.25, -0.2) is 0 Å². The maximum absolute atomic E-state index is 10.7. The molecule has 58 valence electrons. The first-order valence-corrected chi connectivity index (χ1v) is 3.11. The van der Waals surface area contributed by atoms with Crippen molar-refractivity contribution < 1.29 is 9.68 Å². The highest BCUT2D eigenvalue weighted by Gasteiger charge is 2.24. The number of nitrogens with zero attached hydrogens (tertiary/aromatic N) is 2. The molecule has 0 saturated heterocycles. The lowest BCUT2D eigenvalue weighted by atomic mass is 10.2. The summed E-state index contributed by atoms with van der Waals surface area (Å²) in [5.74, 6) is 0. The molecule has 0 saturated carbocycles. The molecule has 1 atom stereocenters. The van der Waals surface area contributed by atoms with Gasteiger partial charge in [0.1, 0.15) is 0 Å². The Bertz CT molecular complexity index is 267. The Labute approximate surface area is 62.7 Å². The lowest BCUT2D eigenvalue weighted by Gasteiger charge is -1.97. The molecule has 0 aromatic carbocycles. The minimum Gasteiger partial charge on any atom is -0.258 e. The molecule has 0 N–H and O–H groups in total. The first-order chi connectivity index (χ1) is 5.11. The van der Waals surface area contributed by atoms with Crippen LogP contribution in [0.15, 0.2) is 24.0 Å². The van der Waals surface area contributed by atoms with Crippen molar-refractivity contribution in [2.75, 3.05) is 0 Å². The Kier molecular flexibility index (Phi) is 1.80. The van der Waals surface area contributed by atoms with Gasteiger partial charge in [0.2, 0.25) is 12.2 Å². The highest BCUT2D eigenvalue weighted by atomic mass is 16.6. The molecule has 1 aliphatic heterocycles. The van der Waals surface area contributed by atoms with Crippen LogP contribution in [0.5, 0.6) is 0 Å². The Morgan fingerprint density at radius 1 is 1.73 bits per heavy atom. The summed E-state index contributed by atoms with van der Waals surface area (Å²) in [7, 11) is 0. The zero-order valence-electron chi connectivity index (χ0n) is 5.93. The zero-order valence-corrected chi connectivity index (χ0v) is 5.93. The molecule has 0 aromatic rings. The summed E-state index contributed by atoms with van der Waals surface area (Å²) in [5.41, 5.74) is -0.0235. The molecule has 0 fully saturated rings. The maximum atomic E-state index is 10.7. The van der Waals surface area contributed by atoms with E-state index in [-0.39, 0.29) is 5.70 Å². The summed E-state index contributed by atoms with van der Waals surface area (Å²) in [6, 6.07) is -0.444. The van der Waals surface area contributed by atoms with E-state index in [0.29, 0.717) is 4.76 Å². The summed E-state index contributed by atoms with van der Waals surface area (Å²) >= 11 is 0. The van der Waals surface area contributed by atoms with Gasteiger partial charge in [-0.2, -0.15) is 0 Å². The molecule has 1 rings (SSSR count). The van der Waals surface area contributed by atoms with E-state index >= 15 is 0 Å².